The molecule has 0 N–H and O–H groups in total. The molecule has 8 aromatic carbocycles. The number of nitrogens with zero attached hydrogens (tertiary/aromatic N) is 1. The highest BCUT2D eigenvalue weighted by molar-refractivity contribution is 7.26. The van der Waals surface area contributed by atoms with Gasteiger partial charge in [0.05, 0.1) is 0 Å². The van der Waals surface area contributed by atoms with Crippen LogP contribution in [-0.4, -0.2) is 8.07 Å². The van der Waals surface area contributed by atoms with Gasteiger partial charge in [-0.25, -0.2) is 0 Å². The van der Waals surface area contributed by atoms with Gasteiger partial charge in [-0.2, -0.15) is 0 Å². The number of hydrogen-bond donors (Lipinski definition) is 0. The van der Waals surface area contributed by atoms with Gasteiger partial charge in [-0.15, -0.1) is 11.3 Å². The maximum absolute atomic E-state index is 2.54. The largest absolute Gasteiger partial charge is 0.311 e. The second-order valence-corrected chi connectivity index (χ2v) is 19.5. The van der Waals surface area contributed by atoms with Gasteiger partial charge < -0.3 is 4.90 Å². The summed E-state index contributed by atoms with van der Waals surface area (Å²) in [7, 11) is -2.11. The van der Waals surface area contributed by atoms with E-state index < -0.39 is 8.07 Å². The lowest BCUT2D eigenvalue weighted by molar-refractivity contribution is 1.29. The van der Waals surface area contributed by atoms with Crippen molar-refractivity contribution >= 4 is 77.8 Å². The fourth-order valence-electron chi connectivity index (χ4n) is 8.34. The first kappa shape index (κ1) is 30.1. The summed E-state index contributed by atoms with van der Waals surface area (Å²) in [6.07, 6.45) is 0. The Morgan fingerprint density at radius 1 is 0.471 bits per heavy atom. The number of rotatable bonds is 5. The second-order valence-electron chi connectivity index (χ2n) is 14.1. The number of benzene rings is 8. The molecule has 0 unspecified atom stereocenters. The Hall–Kier alpha value is -5.74. The van der Waals surface area contributed by atoms with E-state index >= 15 is 0 Å². The highest BCUT2D eigenvalue weighted by Gasteiger charge is 2.42. The van der Waals surface area contributed by atoms with Gasteiger partial charge in [-0.3, -0.25) is 0 Å². The van der Waals surface area contributed by atoms with Crippen molar-refractivity contribution < 1.29 is 0 Å². The van der Waals surface area contributed by atoms with Crippen molar-refractivity contribution in [1.82, 2.24) is 0 Å². The lowest BCUT2D eigenvalue weighted by atomic mass is 10.00. The number of fused-ring (bicyclic) bond motifs is 8. The Morgan fingerprint density at radius 3 is 1.86 bits per heavy atom. The quantitative estimate of drug-likeness (QED) is 0.163. The molecule has 0 amide bonds. The molecule has 1 aliphatic heterocycles. The van der Waals surface area contributed by atoms with Crippen LogP contribution in [0.2, 0.25) is 13.1 Å². The standard InChI is InChI=1S/C48H35NSSi/c1-51(2)45-30-29-41-40-15-8-9-18-44(40)50-47(41)46(45)42-16-10-17-43(48(42)51)49(38-25-21-34(22-26-38)32-11-4-3-5-12-32)39-27-23-35(24-28-39)37-20-19-33-13-6-7-14-36(33)31-37/h3-31H,1-2H3. The summed E-state index contributed by atoms with van der Waals surface area (Å²) in [6, 6.07) is 65.0. The van der Waals surface area contributed by atoms with Gasteiger partial charge in [0.2, 0.25) is 0 Å². The maximum atomic E-state index is 2.54. The molecule has 0 bridgehead atoms. The van der Waals surface area contributed by atoms with Crippen molar-refractivity contribution in [2.24, 2.45) is 0 Å². The lowest BCUT2D eigenvalue weighted by Crippen LogP contribution is -2.50. The van der Waals surface area contributed by atoms with Crippen LogP contribution in [0.4, 0.5) is 17.1 Å². The number of thiophene rings is 1. The van der Waals surface area contributed by atoms with Gasteiger partial charge in [0.1, 0.15) is 8.07 Å². The molecule has 1 nitrogen and oxygen atoms in total. The van der Waals surface area contributed by atoms with E-state index in [1.54, 1.807) is 0 Å². The average Bonchev–Trinajstić information content (AvgIpc) is 3.68. The Labute approximate surface area is 303 Å². The summed E-state index contributed by atoms with van der Waals surface area (Å²) in [5.41, 5.74) is 11.4. The molecule has 2 heterocycles. The molecule has 9 aromatic rings. The van der Waals surface area contributed by atoms with E-state index in [1.165, 1.54) is 80.4 Å². The maximum Gasteiger partial charge on any atom is 0.116 e. The van der Waals surface area contributed by atoms with Gasteiger partial charge >= 0.3 is 0 Å². The molecule has 0 fully saturated rings. The minimum absolute atomic E-state index is 1.16. The summed E-state index contributed by atoms with van der Waals surface area (Å²) < 4.78 is 2.78. The van der Waals surface area contributed by atoms with Crippen LogP contribution in [0.25, 0.3) is 64.3 Å². The molecular weight excluding hydrogens is 651 g/mol. The lowest BCUT2D eigenvalue weighted by Gasteiger charge is -2.31. The SMILES string of the molecule is C[Si]1(C)c2ccc3c(sc4ccccc43)c2-c2cccc(N(c3ccc(-c4ccccc4)cc3)c3ccc(-c4ccc5ccccc5c4)cc3)c21. The normalized spacial score (nSPS) is 13.1. The molecule has 10 rings (SSSR count). The van der Waals surface area contributed by atoms with Gasteiger partial charge in [-0.1, -0.05) is 147 Å². The van der Waals surface area contributed by atoms with Crippen LogP contribution in [0.15, 0.2) is 176 Å². The van der Waals surface area contributed by atoms with Gasteiger partial charge in [0, 0.05) is 37.2 Å². The molecule has 0 saturated heterocycles. The van der Waals surface area contributed by atoms with E-state index in [4.69, 9.17) is 0 Å². The molecule has 1 aromatic heterocycles. The van der Waals surface area contributed by atoms with Crippen LogP contribution in [0, 0.1) is 0 Å². The molecular formula is C48H35NSSi. The Balaban J connectivity index is 1.15. The molecule has 242 valence electrons. The summed E-state index contributed by atoms with van der Waals surface area (Å²) in [6.45, 7) is 5.08. The Kier molecular flexibility index (Phi) is 6.89. The number of anilines is 3. The van der Waals surface area contributed by atoms with E-state index in [1.807, 2.05) is 11.3 Å². The smallest absolute Gasteiger partial charge is 0.116 e. The van der Waals surface area contributed by atoms with Crippen molar-refractivity contribution in [1.29, 1.82) is 0 Å². The molecule has 1 aliphatic rings. The van der Waals surface area contributed by atoms with Crippen LogP contribution >= 0.6 is 11.3 Å². The summed E-state index contributed by atoms with van der Waals surface area (Å²) in [5, 5.41) is 8.30. The second kappa shape index (κ2) is 11.7. The van der Waals surface area contributed by atoms with Crippen molar-refractivity contribution in [2.45, 2.75) is 13.1 Å². The average molecular weight is 686 g/mol. The molecule has 0 saturated carbocycles. The van der Waals surface area contributed by atoms with E-state index in [2.05, 4.69) is 194 Å². The summed E-state index contributed by atoms with van der Waals surface area (Å²) >= 11 is 1.95. The van der Waals surface area contributed by atoms with E-state index in [0.29, 0.717) is 0 Å². The van der Waals surface area contributed by atoms with E-state index in [0.717, 1.165) is 11.4 Å². The molecule has 0 atom stereocenters. The zero-order valence-corrected chi connectivity index (χ0v) is 30.4. The van der Waals surface area contributed by atoms with E-state index in [9.17, 15) is 0 Å². The molecule has 0 radical (unpaired) electrons. The predicted molar refractivity (Wildman–Crippen MR) is 225 cm³/mol. The number of hydrogen-bond acceptors (Lipinski definition) is 2. The first-order valence-electron chi connectivity index (χ1n) is 17.7. The van der Waals surface area contributed by atoms with Crippen LogP contribution in [0.1, 0.15) is 0 Å². The van der Waals surface area contributed by atoms with Crippen LogP contribution in [-0.2, 0) is 0 Å². The Bertz CT molecular complexity index is 2760. The molecule has 3 heteroatoms. The van der Waals surface area contributed by atoms with Crippen molar-refractivity contribution in [3.63, 3.8) is 0 Å². The fourth-order valence-corrected chi connectivity index (χ4v) is 13.1. The molecule has 0 spiro atoms. The topological polar surface area (TPSA) is 3.24 Å². The zero-order chi connectivity index (χ0) is 34.1. The summed E-state index contributed by atoms with van der Waals surface area (Å²) in [5.74, 6) is 0. The van der Waals surface area contributed by atoms with Gasteiger partial charge in [0.25, 0.3) is 0 Å². The molecule has 51 heavy (non-hydrogen) atoms. The minimum Gasteiger partial charge on any atom is -0.311 e. The third kappa shape index (κ3) is 4.80. The predicted octanol–water partition coefficient (Wildman–Crippen LogP) is 12.8. The first-order chi connectivity index (χ1) is 25.0. The highest BCUT2D eigenvalue weighted by Crippen LogP contribution is 2.45. The summed E-state index contributed by atoms with van der Waals surface area (Å²) in [4.78, 5) is 2.50. The van der Waals surface area contributed by atoms with E-state index in [-0.39, 0.29) is 0 Å². The highest BCUT2D eigenvalue weighted by atomic mass is 32.1. The van der Waals surface area contributed by atoms with Gasteiger partial charge in [-0.05, 0) is 97.0 Å². The minimum atomic E-state index is -2.11. The van der Waals surface area contributed by atoms with Crippen molar-refractivity contribution in [3.05, 3.63) is 176 Å². The third-order valence-corrected chi connectivity index (χ3v) is 15.6. The van der Waals surface area contributed by atoms with Crippen molar-refractivity contribution in [2.75, 3.05) is 4.90 Å². The fraction of sp³-hybridized carbons (Fsp3) is 0.0417. The molecule has 0 aliphatic carbocycles. The first-order valence-corrected chi connectivity index (χ1v) is 21.5. The van der Waals surface area contributed by atoms with Crippen LogP contribution < -0.4 is 15.3 Å². The third-order valence-electron chi connectivity index (χ3n) is 10.8. The van der Waals surface area contributed by atoms with Crippen LogP contribution in [0.3, 0.4) is 0 Å². The van der Waals surface area contributed by atoms with Crippen LogP contribution in [0.5, 0.6) is 0 Å². The van der Waals surface area contributed by atoms with Gasteiger partial charge in [0.15, 0.2) is 0 Å². The zero-order valence-electron chi connectivity index (χ0n) is 28.6. The Morgan fingerprint density at radius 2 is 1.10 bits per heavy atom. The van der Waals surface area contributed by atoms with Crippen molar-refractivity contribution in [3.8, 4) is 33.4 Å². The monoisotopic (exact) mass is 685 g/mol.